The number of nitrogens with one attached hydrogen (secondary N) is 3. The topological polar surface area (TPSA) is 101 Å². The second kappa shape index (κ2) is 10.4. The molecule has 1 aliphatic rings. The highest BCUT2D eigenvalue weighted by atomic mass is 32.1. The number of carbonyl (C=O) groups is 1. The monoisotopic (exact) mass is 440 g/mol. The minimum atomic E-state index is -0.0643. The van der Waals surface area contributed by atoms with Crippen LogP contribution in [-0.4, -0.2) is 40.5 Å². The molecule has 1 saturated carbocycles. The smallest absolute Gasteiger partial charge is 0.226 e. The van der Waals surface area contributed by atoms with Gasteiger partial charge in [0, 0.05) is 44.9 Å². The predicted octanol–water partition coefficient (Wildman–Crippen LogP) is 4.42. The first-order chi connectivity index (χ1) is 15.2. The highest BCUT2D eigenvalue weighted by molar-refractivity contribution is 7.22. The van der Waals surface area contributed by atoms with Gasteiger partial charge in [-0.25, -0.2) is 9.97 Å². The Bertz CT molecular complexity index is 1020. The molecule has 1 aliphatic carbocycles. The van der Waals surface area contributed by atoms with Gasteiger partial charge in [0.05, 0.1) is 10.2 Å². The maximum Gasteiger partial charge on any atom is 0.226 e. The SMILES string of the molecule is CC(=O)NCCNc1nccc(Oc2ccc3nc(NCC4CCCCC4)sc3c2)n1. The van der Waals surface area contributed by atoms with Crippen LogP contribution in [0.5, 0.6) is 11.6 Å². The summed E-state index contributed by atoms with van der Waals surface area (Å²) in [6, 6.07) is 7.58. The van der Waals surface area contributed by atoms with Gasteiger partial charge in [0.1, 0.15) is 5.75 Å². The van der Waals surface area contributed by atoms with Crippen molar-refractivity contribution in [3.8, 4) is 11.6 Å². The van der Waals surface area contributed by atoms with Crippen molar-refractivity contribution in [1.82, 2.24) is 20.3 Å². The molecule has 0 bridgehead atoms. The Morgan fingerprint density at radius 3 is 2.84 bits per heavy atom. The van der Waals surface area contributed by atoms with Crippen molar-refractivity contribution in [3.63, 3.8) is 0 Å². The Morgan fingerprint density at radius 2 is 2.00 bits per heavy atom. The first-order valence-corrected chi connectivity index (χ1v) is 11.6. The molecule has 164 valence electrons. The van der Waals surface area contributed by atoms with E-state index < -0.39 is 0 Å². The van der Waals surface area contributed by atoms with E-state index in [1.165, 1.54) is 39.0 Å². The summed E-state index contributed by atoms with van der Waals surface area (Å²) in [5.74, 6) is 2.31. The summed E-state index contributed by atoms with van der Waals surface area (Å²) in [5, 5.41) is 10.3. The molecule has 0 saturated heterocycles. The molecule has 0 radical (unpaired) electrons. The number of carbonyl (C=O) groups excluding carboxylic acids is 1. The molecule has 31 heavy (non-hydrogen) atoms. The first-order valence-electron chi connectivity index (χ1n) is 10.8. The van der Waals surface area contributed by atoms with E-state index in [-0.39, 0.29) is 5.91 Å². The zero-order chi connectivity index (χ0) is 21.5. The fourth-order valence-corrected chi connectivity index (χ4v) is 4.59. The highest BCUT2D eigenvalue weighted by Crippen LogP contribution is 2.32. The van der Waals surface area contributed by atoms with Crippen LogP contribution >= 0.6 is 11.3 Å². The minimum Gasteiger partial charge on any atom is -0.439 e. The largest absolute Gasteiger partial charge is 0.439 e. The van der Waals surface area contributed by atoms with Gasteiger partial charge < -0.3 is 20.7 Å². The van der Waals surface area contributed by atoms with Crippen molar-refractivity contribution in [2.45, 2.75) is 39.0 Å². The Labute approximate surface area is 185 Å². The number of amides is 1. The van der Waals surface area contributed by atoms with E-state index in [1.54, 1.807) is 23.6 Å². The third kappa shape index (κ3) is 6.27. The molecule has 1 fully saturated rings. The normalized spacial score (nSPS) is 14.4. The third-order valence-corrected chi connectivity index (χ3v) is 6.24. The number of hydrogen-bond donors (Lipinski definition) is 3. The second-order valence-corrected chi connectivity index (χ2v) is 8.79. The van der Waals surface area contributed by atoms with E-state index in [4.69, 9.17) is 9.72 Å². The number of anilines is 2. The van der Waals surface area contributed by atoms with Gasteiger partial charge in [-0.3, -0.25) is 4.79 Å². The summed E-state index contributed by atoms with van der Waals surface area (Å²) in [5.41, 5.74) is 0.964. The molecule has 0 atom stereocenters. The van der Waals surface area contributed by atoms with Crippen molar-refractivity contribution in [3.05, 3.63) is 30.5 Å². The van der Waals surface area contributed by atoms with Gasteiger partial charge >= 0.3 is 0 Å². The van der Waals surface area contributed by atoms with Gasteiger partial charge in [-0.15, -0.1) is 0 Å². The lowest BCUT2D eigenvalue weighted by Gasteiger charge is -2.21. The van der Waals surface area contributed by atoms with Crippen molar-refractivity contribution < 1.29 is 9.53 Å². The summed E-state index contributed by atoms with van der Waals surface area (Å²) in [6.45, 7) is 3.53. The number of thiazole rings is 1. The van der Waals surface area contributed by atoms with Crippen molar-refractivity contribution in [2.75, 3.05) is 30.3 Å². The number of nitrogens with zero attached hydrogens (tertiary/aromatic N) is 3. The van der Waals surface area contributed by atoms with Crippen LogP contribution in [0, 0.1) is 5.92 Å². The van der Waals surface area contributed by atoms with Crippen molar-refractivity contribution in [2.24, 2.45) is 5.92 Å². The van der Waals surface area contributed by atoms with E-state index in [0.29, 0.717) is 30.7 Å². The van der Waals surface area contributed by atoms with Crippen LogP contribution in [0.2, 0.25) is 0 Å². The molecule has 2 aromatic heterocycles. The zero-order valence-electron chi connectivity index (χ0n) is 17.7. The molecule has 2 heterocycles. The first kappa shape index (κ1) is 21.3. The maximum atomic E-state index is 10.9. The quantitative estimate of drug-likeness (QED) is 0.423. The molecule has 8 nitrogen and oxygen atoms in total. The van der Waals surface area contributed by atoms with Crippen LogP contribution < -0.4 is 20.7 Å². The van der Waals surface area contributed by atoms with Gasteiger partial charge in [-0.05, 0) is 30.9 Å². The van der Waals surface area contributed by atoms with Crippen LogP contribution in [0.4, 0.5) is 11.1 Å². The molecule has 0 aliphatic heterocycles. The average molecular weight is 441 g/mol. The van der Waals surface area contributed by atoms with Gasteiger partial charge in [0.25, 0.3) is 0 Å². The van der Waals surface area contributed by atoms with E-state index in [0.717, 1.165) is 27.8 Å². The van der Waals surface area contributed by atoms with Gasteiger partial charge in [0.2, 0.25) is 17.7 Å². The van der Waals surface area contributed by atoms with Crippen LogP contribution in [0.1, 0.15) is 39.0 Å². The molecule has 1 amide bonds. The molecular weight excluding hydrogens is 412 g/mol. The van der Waals surface area contributed by atoms with E-state index in [9.17, 15) is 4.79 Å². The molecule has 0 spiro atoms. The lowest BCUT2D eigenvalue weighted by molar-refractivity contribution is -0.118. The Morgan fingerprint density at radius 1 is 1.13 bits per heavy atom. The van der Waals surface area contributed by atoms with E-state index in [2.05, 4.69) is 25.9 Å². The molecule has 1 aromatic carbocycles. The fraction of sp³-hybridized carbons (Fsp3) is 0.455. The molecule has 4 rings (SSSR count). The van der Waals surface area contributed by atoms with E-state index in [1.807, 2.05) is 18.2 Å². The Kier molecular flexibility index (Phi) is 7.14. The van der Waals surface area contributed by atoms with Crippen LogP contribution in [0.15, 0.2) is 30.5 Å². The summed E-state index contributed by atoms with van der Waals surface area (Å²) < 4.78 is 7.01. The second-order valence-electron chi connectivity index (χ2n) is 7.76. The molecule has 0 unspecified atom stereocenters. The summed E-state index contributed by atoms with van der Waals surface area (Å²) in [4.78, 5) is 24.2. The number of ether oxygens (including phenoxy) is 1. The van der Waals surface area contributed by atoms with Gasteiger partial charge in [-0.1, -0.05) is 30.6 Å². The lowest BCUT2D eigenvalue weighted by atomic mass is 9.89. The Hall–Kier alpha value is -2.94. The minimum absolute atomic E-state index is 0.0643. The number of aromatic nitrogens is 3. The number of rotatable bonds is 9. The van der Waals surface area contributed by atoms with Crippen LogP contribution in [0.25, 0.3) is 10.2 Å². The molecule has 3 N–H and O–H groups in total. The number of fused-ring (bicyclic) bond motifs is 1. The van der Waals surface area contributed by atoms with Crippen molar-refractivity contribution >= 4 is 38.5 Å². The standard InChI is InChI=1S/C22H28N6O2S/c1-15(29)23-11-12-25-21-24-10-9-20(28-21)30-17-7-8-18-19(13-17)31-22(27-18)26-14-16-5-3-2-4-6-16/h7-10,13,16H,2-6,11-12,14H2,1H3,(H,23,29)(H,26,27)(H,24,25,28). The number of hydrogen-bond acceptors (Lipinski definition) is 8. The summed E-state index contributed by atoms with van der Waals surface area (Å²) in [7, 11) is 0. The lowest BCUT2D eigenvalue weighted by Crippen LogP contribution is -2.26. The van der Waals surface area contributed by atoms with Gasteiger partial charge in [0.15, 0.2) is 5.13 Å². The van der Waals surface area contributed by atoms with Crippen LogP contribution in [0.3, 0.4) is 0 Å². The van der Waals surface area contributed by atoms with Crippen molar-refractivity contribution in [1.29, 1.82) is 0 Å². The maximum absolute atomic E-state index is 10.9. The highest BCUT2D eigenvalue weighted by Gasteiger charge is 2.14. The van der Waals surface area contributed by atoms with E-state index >= 15 is 0 Å². The molecule has 9 heteroatoms. The zero-order valence-corrected chi connectivity index (χ0v) is 18.5. The Balaban J connectivity index is 1.35. The molecular formula is C22H28N6O2S. The third-order valence-electron chi connectivity index (χ3n) is 5.26. The summed E-state index contributed by atoms with van der Waals surface area (Å²) in [6.07, 6.45) is 8.35. The average Bonchev–Trinajstić information content (AvgIpc) is 3.18. The number of benzene rings is 1. The molecule has 3 aromatic rings. The summed E-state index contributed by atoms with van der Waals surface area (Å²) >= 11 is 1.65. The predicted molar refractivity (Wildman–Crippen MR) is 124 cm³/mol. The van der Waals surface area contributed by atoms with Crippen LogP contribution in [-0.2, 0) is 4.79 Å². The fourth-order valence-electron chi connectivity index (χ4n) is 3.68. The van der Waals surface area contributed by atoms with Gasteiger partial charge in [-0.2, -0.15) is 4.98 Å².